The first kappa shape index (κ1) is 14.8. The van der Waals surface area contributed by atoms with Gasteiger partial charge in [-0.25, -0.2) is 9.59 Å². The maximum absolute atomic E-state index is 11.7. The summed E-state index contributed by atoms with van der Waals surface area (Å²) in [7, 11) is 0. The van der Waals surface area contributed by atoms with Gasteiger partial charge in [-0.3, -0.25) is 0 Å². The fourth-order valence-corrected chi connectivity index (χ4v) is 2.99. The maximum Gasteiger partial charge on any atom is 0.331 e. The first-order valence-electron chi connectivity index (χ1n) is 6.70. The number of likely N-dealkylation sites (tertiary alicyclic amines) is 1. The number of hydrogen-bond acceptors (Lipinski definition) is 4. The van der Waals surface area contributed by atoms with E-state index < -0.39 is 18.0 Å². The highest BCUT2D eigenvalue weighted by Crippen LogP contribution is 2.18. The van der Waals surface area contributed by atoms with Crippen molar-refractivity contribution in [2.75, 3.05) is 26.2 Å². The average molecular weight is 297 g/mol. The zero-order valence-electron chi connectivity index (χ0n) is 11.2. The van der Waals surface area contributed by atoms with E-state index in [4.69, 9.17) is 5.11 Å². The topological polar surface area (TPSA) is 81.7 Å². The number of urea groups is 1. The normalized spacial score (nSPS) is 16.8. The largest absolute Gasteiger partial charge is 0.479 e. The lowest BCUT2D eigenvalue weighted by molar-refractivity contribution is -0.139. The molecule has 1 saturated heterocycles. The van der Waals surface area contributed by atoms with Gasteiger partial charge in [0.1, 0.15) is 0 Å². The van der Waals surface area contributed by atoms with Crippen molar-refractivity contribution in [1.29, 1.82) is 0 Å². The van der Waals surface area contributed by atoms with Crippen LogP contribution in [-0.4, -0.2) is 48.2 Å². The van der Waals surface area contributed by atoms with Crippen LogP contribution in [0.2, 0.25) is 0 Å². The summed E-state index contributed by atoms with van der Waals surface area (Å²) in [5, 5.41) is 16.1. The Bertz CT molecular complexity index is 444. The Labute approximate surface area is 121 Å². The van der Waals surface area contributed by atoms with Crippen LogP contribution in [-0.2, 0) is 4.79 Å². The smallest absolute Gasteiger partial charge is 0.331 e. The molecule has 1 aromatic rings. The Morgan fingerprint density at radius 3 is 2.75 bits per heavy atom. The molecule has 0 aromatic carbocycles. The molecule has 1 aliphatic rings. The molecular formula is C13H19N3O3S. The van der Waals surface area contributed by atoms with Crippen LogP contribution < -0.4 is 10.6 Å². The zero-order valence-corrected chi connectivity index (χ0v) is 12.0. The minimum atomic E-state index is -1.05. The van der Waals surface area contributed by atoms with E-state index in [1.807, 2.05) is 0 Å². The number of carboxylic acids is 1. The van der Waals surface area contributed by atoms with Gasteiger partial charge in [0.05, 0.1) is 0 Å². The molecule has 1 atom stereocenters. The molecule has 0 aliphatic carbocycles. The summed E-state index contributed by atoms with van der Waals surface area (Å²) < 4.78 is 0. The van der Waals surface area contributed by atoms with E-state index in [1.165, 1.54) is 24.2 Å². The van der Waals surface area contributed by atoms with Crippen LogP contribution in [0.5, 0.6) is 0 Å². The van der Waals surface area contributed by atoms with Crippen LogP contribution in [0, 0.1) is 0 Å². The van der Waals surface area contributed by atoms with Crippen LogP contribution in [0.25, 0.3) is 0 Å². The van der Waals surface area contributed by atoms with Gasteiger partial charge in [0.15, 0.2) is 6.04 Å². The molecule has 1 aromatic heterocycles. The molecule has 20 heavy (non-hydrogen) atoms. The van der Waals surface area contributed by atoms with Crippen molar-refractivity contribution in [2.24, 2.45) is 0 Å². The van der Waals surface area contributed by atoms with Crippen molar-refractivity contribution in [2.45, 2.75) is 18.9 Å². The summed E-state index contributed by atoms with van der Waals surface area (Å²) in [5.41, 5.74) is 0. The van der Waals surface area contributed by atoms with Crippen molar-refractivity contribution in [3.8, 4) is 0 Å². The molecule has 7 heteroatoms. The Hall–Kier alpha value is -1.60. The fraction of sp³-hybridized carbons (Fsp3) is 0.538. The minimum absolute atomic E-state index is 0.440. The lowest BCUT2D eigenvalue weighted by atomic mass is 10.2. The molecule has 1 fully saturated rings. The Morgan fingerprint density at radius 1 is 1.40 bits per heavy atom. The summed E-state index contributed by atoms with van der Waals surface area (Å²) in [6.07, 6.45) is 2.43. The van der Waals surface area contributed by atoms with Crippen molar-refractivity contribution in [3.63, 3.8) is 0 Å². The van der Waals surface area contributed by atoms with Gasteiger partial charge < -0.3 is 20.6 Å². The second-order valence-corrected chi connectivity index (χ2v) is 5.71. The summed E-state index contributed by atoms with van der Waals surface area (Å²) in [6, 6.07) is 2.04. The third-order valence-corrected chi connectivity index (χ3v) is 4.20. The molecule has 2 heterocycles. The Morgan fingerprint density at radius 2 is 2.15 bits per heavy atom. The molecular weight excluding hydrogens is 278 g/mol. The summed E-state index contributed by atoms with van der Waals surface area (Å²) in [4.78, 5) is 25.8. The van der Waals surface area contributed by atoms with Crippen molar-refractivity contribution < 1.29 is 14.7 Å². The molecule has 110 valence electrons. The molecule has 2 rings (SSSR count). The maximum atomic E-state index is 11.7. The monoisotopic (exact) mass is 297 g/mol. The number of carboxylic acid groups (broad SMARTS) is 1. The number of nitrogens with zero attached hydrogens (tertiary/aromatic N) is 1. The lowest BCUT2D eigenvalue weighted by Gasteiger charge is -2.17. The number of rotatable bonds is 6. The van der Waals surface area contributed by atoms with E-state index in [0.717, 1.165) is 19.6 Å². The zero-order chi connectivity index (χ0) is 14.4. The number of amides is 2. The van der Waals surface area contributed by atoms with Crippen molar-refractivity contribution >= 4 is 23.3 Å². The van der Waals surface area contributed by atoms with Crippen molar-refractivity contribution in [1.82, 2.24) is 15.5 Å². The number of hydrogen-bond donors (Lipinski definition) is 3. The van der Waals surface area contributed by atoms with E-state index in [2.05, 4.69) is 15.5 Å². The van der Waals surface area contributed by atoms with Gasteiger partial charge in [-0.05, 0) is 37.4 Å². The quantitative estimate of drug-likeness (QED) is 0.738. The van der Waals surface area contributed by atoms with Gasteiger partial charge in [0.2, 0.25) is 0 Å². The van der Waals surface area contributed by atoms with Gasteiger partial charge in [0, 0.05) is 18.0 Å². The second kappa shape index (κ2) is 7.25. The highest BCUT2D eigenvalue weighted by molar-refractivity contribution is 7.10. The molecule has 0 saturated carbocycles. The van der Waals surface area contributed by atoms with Gasteiger partial charge >= 0.3 is 12.0 Å². The van der Waals surface area contributed by atoms with Crippen LogP contribution in [0.1, 0.15) is 23.8 Å². The van der Waals surface area contributed by atoms with E-state index in [9.17, 15) is 9.59 Å². The number of aliphatic carboxylic acids is 1. The highest BCUT2D eigenvalue weighted by atomic mass is 32.1. The van der Waals surface area contributed by atoms with E-state index in [0.29, 0.717) is 11.4 Å². The minimum Gasteiger partial charge on any atom is -0.479 e. The predicted molar refractivity (Wildman–Crippen MR) is 76.9 cm³/mol. The number of thiophene rings is 1. The number of carbonyl (C=O) groups excluding carboxylic acids is 1. The molecule has 0 spiro atoms. The van der Waals surface area contributed by atoms with E-state index in [-0.39, 0.29) is 0 Å². The van der Waals surface area contributed by atoms with E-state index >= 15 is 0 Å². The molecule has 0 bridgehead atoms. The van der Waals surface area contributed by atoms with Gasteiger partial charge in [-0.1, -0.05) is 6.07 Å². The first-order valence-corrected chi connectivity index (χ1v) is 7.57. The molecule has 1 aliphatic heterocycles. The van der Waals surface area contributed by atoms with E-state index in [1.54, 1.807) is 17.5 Å². The lowest BCUT2D eigenvalue weighted by Crippen LogP contribution is -2.43. The fourth-order valence-electron chi connectivity index (χ4n) is 2.23. The van der Waals surface area contributed by atoms with Crippen LogP contribution in [0.4, 0.5) is 4.79 Å². The molecule has 6 nitrogen and oxygen atoms in total. The van der Waals surface area contributed by atoms with Gasteiger partial charge in [-0.15, -0.1) is 11.3 Å². The number of carbonyl (C=O) groups is 2. The predicted octanol–water partition coefficient (Wildman–Crippen LogP) is 1.27. The third kappa shape index (κ3) is 4.21. The van der Waals surface area contributed by atoms with Gasteiger partial charge in [-0.2, -0.15) is 0 Å². The molecule has 3 N–H and O–H groups in total. The van der Waals surface area contributed by atoms with Gasteiger partial charge in [0.25, 0.3) is 0 Å². The Balaban J connectivity index is 1.75. The molecule has 2 amide bonds. The SMILES string of the molecule is O=C(NCCN1CCCC1)NC(C(=O)O)c1cccs1. The van der Waals surface area contributed by atoms with Crippen LogP contribution in [0.3, 0.4) is 0 Å². The third-order valence-electron chi connectivity index (χ3n) is 3.26. The molecule has 0 radical (unpaired) electrons. The second-order valence-electron chi connectivity index (χ2n) is 4.74. The average Bonchev–Trinajstić information content (AvgIpc) is 3.08. The standard InChI is InChI=1S/C13H19N3O3S/c17-12(18)11(10-4-3-9-20-10)15-13(19)14-5-8-16-6-1-2-7-16/h3-4,9,11H,1-2,5-8H2,(H,17,18)(H2,14,15,19). The molecule has 1 unspecified atom stereocenters. The Kier molecular flexibility index (Phi) is 5.37. The summed E-state index contributed by atoms with van der Waals surface area (Å²) in [6.45, 7) is 3.50. The summed E-state index contributed by atoms with van der Waals surface area (Å²) >= 11 is 1.31. The summed E-state index contributed by atoms with van der Waals surface area (Å²) in [5.74, 6) is -1.05. The van der Waals surface area contributed by atoms with Crippen molar-refractivity contribution in [3.05, 3.63) is 22.4 Å². The number of nitrogens with one attached hydrogen (secondary N) is 2. The van der Waals surface area contributed by atoms with Crippen LogP contribution in [0.15, 0.2) is 17.5 Å². The van der Waals surface area contributed by atoms with Crippen LogP contribution >= 0.6 is 11.3 Å². The highest BCUT2D eigenvalue weighted by Gasteiger charge is 2.22. The first-order chi connectivity index (χ1) is 9.66.